The molecule has 1 aliphatic rings. The Bertz CT molecular complexity index is 728. The summed E-state index contributed by atoms with van der Waals surface area (Å²) in [5.41, 5.74) is 2.40. The van der Waals surface area contributed by atoms with Crippen molar-refractivity contribution in [2.45, 2.75) is 26.2 Å². The molecule has 1 fully saturated rings. The number of thiophene rings is 1. The molecule has 3 rings (SSSR count). The van der Waals surface area contributed by atoms with Gasteiger partial charge >= 0.3 is 0 Å². The van der Waals surface area contributed by atoms with Crippen LogP contribution in [-0.4, -0.2) is 23.9 Å². The minimum absolute atomic E-state index is 0.0861. The molecular weight excluding hydrogens is 309 g/mol. The lowest BCUT2D eigenvalue weighted by Gasteiger charge is -2.25. The number of nitrogens with zero attached hydrogens (tertiary/aromatic N) is 1. The molecule has 1 aromatic heterocycles. The number of piperidine rings is 1. The molecule has 1 saturated heterocycles. The van der Waals surface area contributed by atoms with Gasteiger partial charge in [-0.1, -0.05) is 18.2 Å². The minimum Gasteiger partial charge on any atom is -0.339 e. The van der Waals surface area contributed by atoms with E-state index in [0.717, 1.165) is 41.9 Å². The van der Waals surface area contributed by atoms with Crippen LogP contribution in [0.3, 0.4) is 0 Å². The number of allylic oxidation sites excluding steroid dienone is 1. The van der Waals surface area contributed by atoms with Gasteiger partial charge in [0, 0.05) is 29.6 Å². The van der Waals surface area contributed by atoms with Crippen LogP contribution in [0.15, 0.2) is 41.8 Å². The van der Waals surface area contributed by atoms with Gasteiger partial charge in [-0.05, 0) is 54.8 Å². The van der Waals surface area contributed by atoms with Gasteiger partial charge in [-0.25, -0.2) is 4.39 Å². The molecule has 0 N–H and O–H groups in total. The Kier molecular flexibility index (Phi) is 4.91. The molecule has 0 aliphatic carbocycles. The van der Waals surface area contributed by atoms with E-state index in [-0.39, 0.29) is 11.7 Å². The first-order valence-electron chi connectivity index (χ1n) is 7.96. The van der Waals surface area contributed by atoms with Gasteiger partial charge in [0.05, 0.1) is 0 Å². The Balaban J connectivity index is 1.78. The Morgan fingerprint density at radius 3 is 2.70 bits per heavy atom. The van der Waals surface area contributed by atoms with Gasteiger partial charge < -0.3 is 4.90 Å². The predicted octanol–water partition coefficient (Wildman–Crippen LogP) is 4.97. The molecule has 0 radical (unpaired) electrons. The number of hydrogen-bond donors (Lipinski definition) is 0. The quantitative estimate of drug-likeness (QED) is 0.728. The Morgan fingerprint density at radius 1 is 1.22 bits per heavy atom. The summed E-state index contributed by atoms with van der Waals surface area (Å²) in [7, 11) is 0. The summed E-state index contributed by atoms with van der Waals surface area (Å²) in [6.45, 7) is 3.65. The number of rotatable bonds is 3. The molecule has 23 heavy (non-hydrogen) atoms. The molecule has 4 heteroatoms. The fourth-order valence-electron chi connectivity index (χ4n) is 2.84. The topological polar surface area (TPSA) is 20.3 Å². The van der Waals surface area contributed by atoms with Crippen molar-refractivity contribution in [3.05, 3.63) is 52.5 Å². The second-order valence-corrected chi connectivity index (χ2v) is 6.80. The average molecular weight is 329 g/mol. The monoisotopic (exact) mass is 329 g/mol. The highest BCUT2D eigenvalue weighted by atomic mass is 32.1. The van der Waals surface area contributed by atoms with Gasteiger partial charge in [0.2, 0.25) is 5.91 Å². The number of halogens is 1. The maximum atomic E-state index is 13.9. The van der Waals surface area contributed by atoms with Gasteiger partial charge in [-0.2, -0.15) is 0 Å². The molecule has 0 atom stereocenters. The van der Waals surface area contributed by atoms with Crippen LogP contribution >= 0.6 is 11.3 Å². The normalized spacial score (nSPS) is 15.7. The van der Waals surface area contributed by atoms with Crippen molar-refractivity contribution in [1.82, 2.24) is 4.90 Å². The second kappa shape index (κ2) is 7.09. The SMILES string of the molecule is CC(=CC(=O)N1CCCCC1)c1cc(-c2ccccc2F)cs1. The van der Waals surface area contributed by atoms with Crippen LogP contribution in [0.1, 0.15) is 31.1 Å². The van der Waals surface area contributed by atoms with Crippen LogP contribution in [0.5, 0.6) is 0 Å². The zero-order valence-corrected chi connectivity index (χ0v) is 14.0. The van der Waals surface area contributed by atoms with Crippen molar-refractivity contribution in [1.29, 1.82) is 0 Å². The molecule has 2 aromatic rings. The van der Waals surface area contributed by atoms with Crippen LogP contribution in [0.25, 0.3) is 16.7 Å². The molecule has 1 aromatic carbocycles. The van der Waals surface area contributed by atoms with Gasteiger partial charge in [0.15, 0.2) is 0 Å². The third-order valence-electron chi connectivity index (χ3n) is 4.18. The molecule has 0 spiro atoms. The van der Waals surface area contributed by atoms with Crippen LogP contribution in [-0.2, 0) is 4.79 Å². The van der Waals surface area contributed by atoms with E-state index < -0.39 is 0 Å². The first kappa shape index (κ1) is 15.9. The van der Waals surface area contributed by atoms with E-state index in [1.807, 2.05) is 29.3 Å². The molecule has 120 valence electrons. The van der Waals surface area contributed by atoms with Crippen molar-refractivity contribution >= 4 is 22.8 Å². The molecule has 0 bridgehead atoms. The van der Waals surface area contributed by atoms with E-state index in [9.17, 15) is 9.18 Å². The van der Waals surface area contributed by atoms with E-state index in [2.05, 4.69) is 0 Å². The van der Waals surface area contributed by atoms with Crippen molar-refractivity contribution in [3.8, 4) is 11.1 Å². The zero-order valence-electron chi connectivity index (χ0n) is 13.2. The summed E-state index contributed by atoms with van der Waals surface area (Å²) in [6.07, 6.45) is 5.11. The van der Waals surface area contributed by atoms with E-state index >= 15 is 0 Å². The van der Waals surface area contributed by atoms with Gasteiger partial charge in [0.25, 0.3) is 0 Å². The Labute approximate surface area is 140 Å². The number of benzene rings is 1. The number of likely N-dealkylation sites (tertiary alicyclic amines) is 1. The van der Waals surface area contributed by atoms with Crippen molar-refractivity contribution in [3.63, 3.8) is 0 Å². The smallest absolute Gasteiger partial charge is 0.246 e. The molecule has 0 unspecified atom stereocenters. The van der Waals surface area contributed by atoms with E-state index in [1.54, 1.807) is 29.5 Å². The van der Waals surface area contributed by atoms with Gasteiger partial charge in [-0.15, -0.1) is 11.3 Å². The van der Waals surface area contributed by atoms with E-state index in [1.165, 1.54) is 12.5 Å². The van der Waals surface area contributed by atoms with Gasteiger partial charge in [-0.3, -0.25) is 4.79 Å². The van der Waals surface area contributed by atoms with E-state index in [0.29, 0.717) is 5.56 Å². The van der Waals surface area contributed by atoms with Crippen LogP contribution in [0.2, 0.25) is 0 Å². The highest BCUT2D eigenvalue weighted by molar-refractivity contribution is 7.11. The molecule has 1 amide bonds. The maximum Gasteiger partial charge on any atom is 0.246 e. The standard InChI is InChI=1S/C19H20FNOS/c1-14(11-19(22)21-9-5-2-6-10-21)18-12-15(13-23-18)16-7-3-4-8-17(16)20/h3-4,7-8,11-13H,2,5-6,9-10H2,1H3. The third-order valence-corrected chi connectivity index (χ3v) is 5.25. The summed E-state index contributed by atoms with van der Waals surface area (Å²) < 4.78 is 13.9. The predicted molar refractivity (Wildman–Crippen MR) is 93.8 cm³/mol. The molecule has 1 aliphatic heterocycles. The summed E-state index contributed by atoms with van der Waals surface area (Å²) in [4.78, 5) is 15.2. The van der Waals surface area contributed by atoms with Crippen molar-refractivity contribution in [2.75, 3.05) is 13.1 Å². The number of carbonyl (C=O) groups excluding carboxylic acids is 1. The fraction of sp³-hybridized carbons (Fsp3) is 0.316. The summed E-state index contributed by atoms with van der Waals surface area (Å²) >= 11 is 1.54. The molecule has 2 heterocycles. The summed E-state index contributed by atoms with van der Waals surface area (Å²) in [6, 6.07) is 8.72. The Hall–Kier alpha value is -1.94. The molecule has 2 nitrogen and oxygen atoms in total. The maximum absolute atomic E-state index is 13.9. The second-order valence-electron chi connectivity index (χ2n) is 5.89. The number of carbonyl (C=O) groups is 1. The van der Waals surface area contributed by atoms with Crippen LogP contribution in [0.4, 0.5) is 4.39 Å². The highest BCUT2D eigenvalue weighted by Gasteiger charge is 2.15. The first-order chi connectivity index (χ1) is 11.1. The van der Waals surface area contributed by atoms with E-state index in [4.69, 9.17) is 0 Å². The number of amides is 1. The average Bonchev–Trinajstić information content (AvgIpc) is 3.06. The Morgan fingerprint density at radius 2 is 1.96 bits per heavy atom. The summed E-state index contributed by atoms with van der Waals surface area (Å²) in [5, 5.41) is 1.94. The third kappa shape index (κ3) is 3.70. The molecular formula is C19H20FNOS. The first-order valence-corrected chi connectivity index (χ1v) is 8.84. The van der Waals surface area contributed by atoms with Crippen LogP contribution in [0, 0.1) is 5.82 Å². The lowest BCUT2D eigenvalue weighted by Crippen LogP contribution is -2.34. The molecule has 0 saturated carbocycles. The lowest BCUT2D eigenvalue weighted by atomic mass is 10.1. The zero-order chi connectivity index (χ0) is 16.2. The van der Waals surface area contributed by atoms with Crippen LogP contribution < -0.4 is 0 Å². The lowest BCUT2D eigenvalue weighted by molar-refractivity contribution is -0.126. The van der Waals surface area contributed by atoms with Gasteiger partial charge in [0.1, 0.15) is 5.82 Å². The minimum atomic E-state index is -0.220. The largest absolute Gasteiger partial charge is 0.339 e. The number of hydrogen-bond acceptors (Lipinski definition) is 2. The summed E-state index contributed by atoms with van der Waals surface area (Å²) in [5.74, 6) is -0.133. The fourth-order valence-corrected chi connectivity index (χ4v) is 3.73. The van der Waals surface area contributed by atoms with Crippen molar-refractivity contribution < 1.29 is 9.18 Å². The highest BCUT2D eigenvalue weighted by Crippen LogP contribution is 2.31. The van der Waals surface area contributed by atoms with Crippen molar-refractivity contribution in [2.24, 2.45) is 0 Å².